The second-order valence-corrected chi connectivity index (χ2v) is 4.54. The van der Waals surface area contributed by atoms with Crippen LogP contribution in [-0.4, -0.2) is 5.25 Å². The smallest absolute Gasteiger partial charge is 0.126 e. The Labute approximate surface area is 76.2 Å². The van der Waals surface area contributed by atoms with Crippen molar-refractivity contribution < 1.29 is 4.39 Å². The molecule has 0 atom stereocenters. The molecule has 0 spiro atoms. The van der Waals surface area contributed by atoms with Gasteiger partial charge in [-0.25, -0.2) is 4.39 Å². The quantitative estimate of drug-likeness (QED) is 0.566. The Morgan fingerprint density at radius 1 is 1.33 bits per heavy atom. The van der Waals surface area contributed by atoms with Gasteiger partial charge in [0.25, 0.3) is 0 Å². The van der Waals surface area contributed by atoms with Gasteiger partial charge in [-0.3, -0.25) is 0 Å². The monoisotopic (exact) mass is 185 g/mol. The van der Waals surface area contributed by atoms with Crippen molar-refractivity contribution in [1.82, 2.24) is 0 Å². The Morgan fingerprint density at radius 2 is 2.00 bits per heavy atom. The number of hydrogen-bond donors (Lipinski definition) is 1. The maximum atomic E-state index is 12.8. The minimum Gasteiger partial charge on any atom is -0.399 e. The third-order valence-electron chi connectivity index (χ3n) is 1.27. The Bertz CT molecular complexity index is 253. The van der Waals surface area contributed by atoms with Crippen LogP contribution < -0.4 is 5.73 Å². The van der Waals surface area contributed by atoms with Crippen molar-refractivity contribution in [1.29, 1.82) is 0 Å². The van der Waals surface area contributed by atoms with E-state index in [4.69, 9.17) is 5.73 Å². The van der Waals surface area contributed by atoms with Crippen molar-refractivity contribution in [3.8, 4) is 0 Å². The second kappa shape index (κ2) is 3.81. The lowest BCUT2D eigenvalue weighted by atomic mass is 10.3. The molecule has 0 heterocycles. The highest BCUT2D eigenvalue weighted by atomic mass is 32.2. The van der Waals surface area contributed by atoms with Crippen LogP contribution in [0.4, 0.5) is 10.1 Å². The maximum absolute atomic E-state index is 12.8. The first-order chi connectivity index (χ1) is 5.58. The summed E-state index contributed by atoms with van der Waals surface area (Å²) in [6.07, 6.45) is 0. The van der Waals surface area contributed by atoms with Crippen LogP contribution >= 0.6 is 11.8 Å². The average molecular weight is 185 g/mol. The summed E-state index contributed by atoms with van der Waals surface area (Å²) in [6, 6.07) is 4.61. The van der Waals surface area contributed by atoms with Crippen molar-refractivity contribution >= 4 is 17.4 Å². The van der Waals surface area contributed by atoms with Gasteiger partial charge in [0.1, 0.15) is 5.82 Å². The predicted octanol–water partition coefficient (Wildman–Crippen LogP) is 2.91. The van der Waals surface area contributed by atoms with E-state index < -0.39 is 0 Å². The van der Waals surface area contributed by atoms with Gasteiger partial charge in [0.2, 0.25) is 0 Å². The van der Waals surface area contributed by atoms with Gasteiger partial charge in [-0.15, -0.1) is 11.8 Å². The largest absolute Gasteiger partial charge is 0.399 e. The van der Waals surface area contributed by atoms with Crippen LogP contribution in [0.3, 0.4) is 0 Å². The van der Waals surface area contributed by atoms with E-state index in [0.717, 1.165) is 4.90 Å². The molecule has 12 heavy (non-hydrogen) atoms. The van der Waals surface area contributed by atoms with Crippen LogP contribution in [0.1, 0.15) is 13.8 Å². The van der Waals surface area contributed by atoms with Gasteiger partial charge >= 0.3 is 0 Å². The molecule has 0 aliphatic rings. The molecule has 1 rings (SSSR count). The average Bonchev–Trinajstić information content (AvgIpc) is 1.81. The van der Waals surface area contributed by atoms with Crippen LogP contribution in [-0.2, 0) is 0 Å². The number of nitrogen functional groups attached to an aromatic ring is 1. The molecular weight excluding hydrogens is 173 g/mol. The summed E-state index contributed by atoms with van der Waals surface area (Å²) in [4.78, 5) is 0.891. The molecule has 0 bridgehead atoms. The summed E-state index contributed by atoms with van der Waals surface area (Å²) in [6.45, 7) is 4.12. The molecule has 0 fully saturated rings. The molecule has 3 heteroatoms. The lowest BCUT2D eigenvalue weighted by Crippen LogP contribution is -1.90. The topological polar surface area (TPSA) is 26.0 Å². The van der Waals surface area contributed by atoms with E-state index in [1.807, 2.05) is 0 Å². The zero-order chi connectivity index (χ0) is 9.14. The number of thioether (sulfide) groups is 1. The third-order valence-corrected chi connectivity index (χ3v) is 2.24. The van der Waals surface area contributed by atoms with Crippen LogP contribution in [0.5, 0.6) is 0 Å². The van der Waals surface area contributed by atoms with Gasteiger partial charge in [0.15, 0.2) is 0 Å². The molecule has 1 nitrogen and oxygen atoms in total. The predicted molar refractivity (Wildman–Crippen MR) is 51.8 cm³/mol. The molecule has 0 unspecified atom stereocenters. The molecule has 66 valence electrons. The number of anilines is 1. The van der Waals surface area contributed by atoms with E-state index in [-0.39, 0.29) is 5.82 Å². The molecular formula is C9H12FNS. The zero-order valence-corrected chi connectivity index (χ0v) is 7.99. The molecule has 0 saturated heterocycles. The zero-order valence-electron chi connectivity index (χ0n) is 7.17. The fraction of sp³-hybridized carbons (Fsp3) is 0.333. The minimum absolute atomic E-state index is 0.266. The number of benzene rings is 1. The fourth-order valence-electron chi connectivity index (χ4n) is 0.925. The first-order valence-corrected chi connectivity index (χ1v) is 4.68. The van der Waals surface area contributed by atoms with Gasteiger partial charge in [-0.2, -0.15) is 0 Å². The Hall–Kier alpha value is -0.700. The lowest BCUT2D eigenvalue weighted by Gasteiger charge is -2.05. The van der Waals surface area contributed by atoms with Gasteiger partial charge in [-0.1, -0.05) is 13.8 Å². The Morgan fingerprint density at radius 3 is 2.50 bits per heavy atom. The van der Waals surface area contributed by atoms with Crippen LogP contribution in [0.2, 0.25) is 0 Å². The van der Waals surface area contributed by atoms with Crippen molar-refractivity contribution in [2.24, 2.45) is 0 Å². The summed E-state index contributed by atoms with van der Waals surface area (Å²) in [7, 11) is 0. The standard InChI is InChI=1S/C9H12FNS/c1-6(2)12-9-4-7(10)3-8(11)5-9/h3-6H,11H2,1-2H3. The summed E-state index contributed by atoms with van der Waals surface area (Å²) in [5.74, 6) is -0.266. The maximum Gasteiger partial charge on any atom is 0.126 e. The highest BCUT2D eigenvalue weighted by Crippen LogP contribution is 2.25. The fourth-order valence-corrected chi connectivity index (χ4v) is 1.85. The van der Waals surface area contributed by atoms with Gasteiger partial charge < -0.3 is 5.73 Å². The van der Waals surface area contributed by atoms with Crippen molar-refractivity contribution in [3.63, 3.8) is 0 Å². The molecule has 2 N–H and O–H groups in total. The Kier molecular flexibility index (Phi) is 2.98. The first-order valence-electron chi connectivity index (χ1n) is 3.80. The van der Waals surface area contributed by atoms with E-state index >= 15 is 0 Å². The highest BCUT2D eigenvalue weighted by molar-refractivity contribution is 7.99. The summed E-state index contributed by atoms with van der Waals surface area (Å²) in [5.41, 5.74) is 5.97. The SMILES string of the molecule is CC(C)Sc1cc(N)cc(F)c1. The molecule has 0 saturated carbocycles. The molecule has 0 aliphatic heterocycles. The van der Waals surface area contributed by atoms with Gasteiger partial charge in [-0.05, 0) is 18.2 Å². The first kappa shape index (κ1) is 9.39. The second-order valence-electron chi connectivity index (χ2n) is 2.89. The van der Waals surface area contributed by atoms with Gasteiger partial charge in [0, 0.05) is 15.8 Å². The van der Waals surface area contributed by atoms with Crippen molar-refractivity contribution in [3.05, 3.63) is 24.0 Å². The number of hydrogen-bond acceptors (Lipinski definition) is 2. The van der Waals surface area contributed by atoms with E-state index in [9.17, 15) is 4.39 Å². The van der Waals surface area contributed by atoms with E-state index in [1.165, 1.54) is 12.1 Å². The van der Waals surface area contributed by atoms with Crippen molar-refractivity contribution in [2.45, 2.75) is 24.0 Å². The van der Waals surface area contributed by atoms with Crippen LogP contribution in [0.15, 0.2) is 23.1 Å². The van der Waals surface area contributed by atoms with E-state index in [1.54, 1.807) is 17.8 Å². The van der Waals surface area contributed by atoms with Crippen LogP contribution in [0.25, 0.3) is 0 Å². The van der Waals surface area contributed by atoms with E-state index in [2.05, 4.69) is 13.8 Å². The summed E-state index contributed by atoms with van der Waals surface area (Å²) >= 11 is 1.61. The molecule has 0 aromatic heterocycles. The minimum atomic E-state index is -0.266. The molecule has 0 aliphatic carbocycles. The van der Waals surface area contributed by atoms with Gasteiger partial charge in [0.05, 0.1) is 0 Å². The number of rotatable bonds is 2. The third kappa shape index (κ3) is 2.74. The summed E-state index contributed by atoms with van der Waals surface area (Å²) in [5, 5.41) is 0.450. The molecule has 0 amide bonds. The number of nitrogens with two attached hydrogens (primary N) is 1. The lowest BCUT2D eigenvalue weighted by molar-refractivity contribution is 0.625. The van der Waals surface area contributed by atoms with Crippen molar-refractivity contribution in [2.75, 3.05) is 5.73 Å². The van der Waals surface area contributed by atoms with Crippen LogP contribution in [0, 0.1) is 5.82 Å². The molecule has 1 aromatic rings. The Balaban J connectivity index is 2.85. The van der Waals surface area contributed by atoms with E-state index in [0.29, 0.717) is 10.9 Å². The highest BCUT2D eigenvalue weighted by Gasteiger charge is 2.01. The summed E-state index contributed by atoms with van der Waals surface area (Å²) < 4.78 is 12.8. The normalized spacial score (nSPS) is 10.7. The number of halogens is 1. The molecule has 1 aromatic carbocycles. The molecule has 0 radical (unpaired) electrons.